The number of hydrogen-bond donors (Lipinski definition) is 2. The molecule has 0 fully saturated rings. The summed E-state index contributed by atoms with van der Waals surface area (Å²) < 4.78 is 0. The Hall–Kier alpha value is -2.63. The SMILES string of the molecule is CCN1C(=O)C(C)(C)c2cc3c(cc21)NC(c1cnccn1)N3. The van der Waals surface area contributed by atoms with E-state index in [0.717, 1.165) is 28.3 Å². The smallest absolute Gasteiger partial charge is 0.237 e. The van der Waals surface area contributed by atoms with E-state index >= 15 is 0 Å². The van der Waals surface area contributed by atoms with Gasteiger partial charge in [0.2, 0.25) is 5.91 Å². The highest BCUT2D eigenvalue weighted by atomic mass is 16.2. The van der Waals surface area contributed by atoms with Crippen LogP contribution in [0.1, 0.15) is 38.2 Å². The maximum atomic E-state index is 12.6. The molecule has 0 radical (unpaired) electrons. The molecule has 0 aliphatic carbocycles. The molecule has 1 aromatic carbocycles. The van der Waals surface area contributed by atoms with E-state index in [-0.39, 0.29) is 12.1 Å². The number of fused-ring (bicyclic) bond motifs is 2. The predicted molar refractivity (Wildman–Crippen MR) is 89.5 cm³/mol. The Kier molecular flexibility index (Phi) is 2.85. The Morgan fingerprint density at radius 3 is 2.61 bits per heavy atom. The zero-order valence-electron chi connectivity index (χ0n) is 13.4. The van der Waals surface area contributed by atoms with Crippen LogP contribution in [0.2, 0.25) is 0 Å². The molecule has 0 spiro atoms. The number of hydrogen-bond acceptors (Lipinski definition) is 5. The van der Waals surface area contributed by atoms with E-state index in [4.69, 9.17) is 0 Å². The van der Waals surface area contributed by atoms with Gasteiger partial charge in [-0.25, -0.2) is 0 Å². The molecule has 1 atom stereocenters. The number of anilines is 3. The van der Waals surface area contributed by atoms with Gasteiger partial charge < -0.3 is 15.5 Å². The van der Waals surface area contributed by atoms with E-state index in [1.807, 2.05) is 25.7 Å². The van der Waals surface area contributed by atoms with E-state index in [0.29, 0.717) is 6.54 Å². The monoisotopic (exact) mass is 309 g/mol. The lowest BCUT2D eigenvalue weighted by atomic mass is 9.86. The van der Waals surface area contributed by atoms with E-state index in [2.05, 4.69) is 32.7 Å². The van der Waals surface area contributed by atoms with Crippen LogP contribution >= 0.6 is 0 Å². The first-order valence-electron chi connectivity index (χ1n) is 7.82. The molecule has 3 heterocycles. The third-order valence-corrected chi connectivity index (χ3v) is 4.67. The van der Waals surface area contributed by atoms with Crippen molar-refractivity contribution in [2.45, 2.75) is 32.4 Å². The highest BCUT2D eigenvalue weighted by Gasteiger charge is 2.44. The number of aromatic nitrogens is 2. The molecule has 1 unspecified atom stereocenters. The summed E-state index contributed by atoms with van der Waals surface area (Å²) in [6.45, 7) is 6.65. The van der Waals surface area contributed by atoms with Gasteiger partial charge in [-0.15, -0.1) is 0 Å². The van der Waals surface area contributed by atoms with Gasteiger partial charge in [0.05, 0.1) is 28.7 Å². The first kappa shape index (κ1) is 14.0. The van der Waals surface area contributed by atoms with Crippen LogP contribution in [-0.2, 0) is 10.2 Å². The van der Waals surface area contributed by atoms with Gasteiger partial charge >= 0.3 is 0 Å². The third kappa shape index (κ3) is 1.91. The Labute approximate surface area is 134 Å². The van der Waals surface area contributed by atoms with Gasteiger partial charge in [-0.05, 0) is 38.5 Å². The van der Waals surface area contributed by atoms with Crippen molar-refractivity contribution in [3.63, 3.8) is 0 Å². The molecule has 0 saturated heterocycles. The van der Waals surface area contributed by atoms with E-state index < -0.39 is 5.41 Å². The normalized spacial score (nSPS) is 20.7. The average molecular weight is 309 g/mol. The van der Waals surface area contributed by atoms with Gasteiger partial charge in [0.15, 0.2) is 0 Å². The van der Waals surface area contributed by atoms with Crippen LogP contribution in [0.5, 0.6) is 0 Å². The fourth-order valence-corrected chi connectivity index (χ4v) is 3.38. The quantitative estimate of drug-likeness (QED) is 0.892. The molecule has 6 nitrogen and oxygen atoms in total. The Balaban J connectivity index is 1.75. The van der Waals surface area contributed by atoms with Crippen LogP contribution in [0.4, 0.5) is 17.1 Å². The van der Waals surface area contributed by atoms with Gasteiger partial charge in [0.1, 0.15) is 11.9 Å². The van der Waals surface area contributed by atoms with Crippen molar-refractivity contribution in [2.24, 2.45) is 0 Å². The topological polar surface area (TPSA) is 70.2 Å². The first-order chi connectivity index (χ1) is 11.0. The summed E-state index contributed by atoms with van der Waals surface area (Å²) in [6.07, 6.45) is 4.99. The lowest BCUT2D eigenvalue weighted by Crippen LogP contribution is -2.35. The lowest BCUT2D eigenvalue weighted by molar-refractivity contribution is -0.122. The zero-order chi connectivity index (χ0) is 16.2. The Bertz CT molecular complexity index is 787. The third-order valence-electron chi connectivity index (χ3n) is 4.67. The number of likely N-dealkylation sites (N-methyl/N-ethyl adjacent to an activating group) is 1. The average Bonchev–Trinajstić information content (AvgIpc) is 3.05. The largest absolute Gasteiger partial charge is 0.359 e. The van der Waals surface area contributed by atoms with Crippen LogP contribution in [0.25, 0.3) is 0 Å². The van der Waals surface area contributed by atoms with Crippen LogP contribution in [-0.4, -0.2) is 22.4 Å². The summed E-state index contributed by atoms with van der Waals surface area (Å²) in [7, 11) is 0. The second-order valence-corrected chi connectivity index (χ2v) is 6.44. The summed E-state index contributed by atoms with van der Waals surface area (Å²) in [4.78, 5) is 22.9. The highest BCUT2D eigenvalue weighted by Crippen LogP contribution is 2.47. The predicted octanol–water partition coefficient (Wildman–Crippen LogP) is 2.66. The molecule has 2 aliphatic heterocycles. The molecule has 0 bridgehead atoms. The maximum Gasteiger partial charge on any atom is 0.237 e. The number of carbonyl (C=O) groups excluding carboxylic acids is 1. The molecule has 2 aliphatic rings. The number of rotatable bonds is 2. The van der Waals surface area contributed by atoms with Crippen LogP contribution in [0.3, 0.4) is 0 Å². The van der Waals surface area contributed by atoms with Crippen molar-refractivity contribution >= 4 is 23.0 Å². The molecule has 0 saturated carbocycles. The van der Waals surface area contributed by atoms with Crippen molar-refractivity contribution in [3.8, 4) is 0 Å². The number of benzene rings is 1. The molecule has 118 valence electrons. The molecule has 2 aromatic rings. The standard InChI is InChI=1S/C17H19N5O/c1-4-22-14-8-12-11(7-10(14)17(2,3)16(22)23)20-15(21-12)13-9-18-5-6-19-13/h5-9,15,20-21H,4H2,1-3H3. The summed E-state index contributed by atoms with van der Waals surface area (Å²) in [5.41, 5.74) is 4.40. The molecular weight excluding hydrogens is 290 g/mol. The molecule has 4 rings (SSSR count). The van der Waals surface area contributed by atoms with Gasteiger partial charge in [-0.2, -0.15) is 0 Å². The Morgan fingerprint density at radius 1 is 1.22 bits per heavy atom. The fourth-order valence-electron chi connectivity index (χ4n) is 3.38. The number of amides is 1. The van der Waals surface area contributed by atoms with Gasteiger partial charge in [-0.1, -0.05) is 0 Å². The van der Waals surface area contributed by atoms with Crippen molar-refractivity contribution in [3.05, 3.63) is 42.0 Å². The maximum absolute atomic E-state index is 12.6. The van der Waals surface area contributed by atoms with Crippen molar-refractivity contribution in [2.75, 3.05) is 22.1 Å². The van der Waals surface area contributed by atoms with Crippen molar-refractivity contribution in [1.82, 2.24) is 9.97 Å². The molecule has 1 aromatic heterocycles. The zero-order valence-corrected chi connectivity index (χ0v) is 13.4. The second-order valence-electron chi connectivity index (χ2n) is 6.44. The van der Waals surface area contributed by atoms with Crippen LogP contribution in [0.15, 0.2) is 30.7 Å². The Morgan fingerprint density at radius 2 is 1.96 bits per heavy atom. The van der Waals surface area contributed by atoms with E-state index in [9.17, 15) is 4.79 Å². The van der Waals surface area contributed by atoms with Crippen LogP contribution < -0.4 is 15.5 Å². The van der Waals surface area contributed by atoms with Crippen molar-refractivity contribution < 1.29 is 4.79 Å². The van der Waals surface area contributed by atoms with E-state index in [1.165, 1.54) is 0 Å². The molecular formula is C17H19N5O. The van der Waals surface area contributed by atoms with Gasteiger partial charge in [0, 0.05) is 18.9 Å². The highest BCUT2D eigenvalue weighted by molar-refractivity contribution is 6.09. The van der Waals surface area contributed by atoms with E-state index in [1.54, 1.807) is 18.6 Å². The summed E-state index contributed by atoms with van der Waals surface area (Å²) in [6, 6.07) is 4.14. The van der Waals surface area contributed by atoms with Crippen LogP contribution in [0, 0.1) is 0 Å². The second kappa shape index (κ2) is 4.68. The molecule has 23 heavy (non-hydrogen) atoms. The number of nitrogens with one attached hydrogen (secondary N) is 2. The fraction of sp³-hybridized carbons (Fsp3) is 0.353. The molecule has 1 amide bonds. The lowest BCUT2D eigenvalue weighted by Gasteiger charge is -2.18. The summed E-state index contributed by atoms with van der Waals surface area (Å²) >= 11 is 0. The minimum Gasteiger partial charge on any atom is -0.359 e. The summed E-state index contributed by atoms with van der Waals surface area (Å²) in [5.74, 6) is 0.157. The number of carbonyl (C=O) groups is 1. The summed E-state index contributed by atoms with van der Waals surface area (Å²) in [5, 5.41) is 6.84. The first-order valence-corrected chi connectivity index (χ1v) is 7.82. The van der Waals surface area contributed by atoms with Gasteiger partial charge in [-0.3, -0.25) is 14.8 Å². The number of nitrogens with zero attached hydrogens (tertiary/aromatic N) is 3. The van der Waals surface area contributed by atoms with Gasteiger partial charge in [0.25, 0.3) is 0 Å². The molecule has 2 N–H and O–H groups in total. The minimum absolute atomic E-state index is 0.102. The van der Waals surface area contributed by atoms with Crippen molar-refractivity contribution in [1.29, 1.82) is 0 Å². The molecule has 6 heteroatoms. The minimum atomic E-state index is -0.493.